The van der Waals surface area contributed by atoms with E-state index in [1.807, 2.05) is 0 Å². The lowest BCUT2D eigenvalue weighted by Crippen LogP contribution is -3.00. The van der Waals surface area contributed by atoms with Crippen LogP contribution in [0.4, 0.5) is 0 Å². The van der Waals surface area contributed by atoms with Gasteiger partial charge in [-0.05, 0) is 392 Å². The van der Waals surface area contributed by atoms with Gasteiger partial charge < -0.3 is 107 Å². The molecule has 714 valence electrons. The fourth-order valence-corrected chi connectivity index (χ4v) is 102. The highest BCUT2D eigenvalue weighted by molar-refractivity contribution is 6.95. The van der Waals surface area contributed by atoms with Crippen molar-refractivity contribution in [2.24, 2.45) is 0 Å². The molecule has 0 fully saturated rings. The fraction of sp³-hybridized carbons (Fsp3) is 1.00. The predicted octanol–water partition coefficient (Wildman–Crippen LogP) is 23.0. The Morgan fingerprint density at radius 1 is 0.153 bits per heavy atom. The topological polar surface area (TPSA) is 169 Å². The van der Waals surface area contributed by atoms with E-state index in [1.165, 1.54) is 0 Å². The summed E-state index contributed by atoms with van der Waals surface area (Å²) in [6, 6.07) is 4.99. The van der Waals surface area contributed by atoms with Crippen molar-refractivity contribution in [3.05, 3.63) is 0 Å². The highest BCUT2D eigenvalue weighted by atomic mass is 127. The largest absolute Gasteiger partial charge is 1.00 e. The highest BCUT2D eigenvalue weighted by Gasteiger charge is 2.57. The van der Waals surface area contributed by atoms with Gasteiger partial charge in [-0.15, -0.1) is 0 Å². The Labute approximate surface area is 777 Å². The molecule has 0 spiro atoms. The van der Waals surface area contributed by atoms with Crippen molar-refractivity contribution < 1.29 is 103 Å². The van der Waals surface area contributed by atoms with Crippen LogP contribution in [0.1, 0.15) is 38.5 Å². The van der Waals surface area contributed by atoms with E-state index in [4.69, 9.17) is 74.1 Å². The van der Waals surface area contributed by atoms with Crippen molar-refractivity contribution in [3.63, 3.8) is 0 Å². The maximum atomic E-state index is 7.15. The van der Waals surface area contributed by atoms with Gasteiger partial charge in [0.25, 0.3) is 0 Å². The summed E-state index contributed by atoms with van der Waals surface area (Å²) < 4.78 is 129. The monoisotopic (exact) mass is 2190 g/mol. The van der Waals surface area contributed by atoms with Gasteiger partial charge in [0.1, 0.15) is 0 Å². The molecule has 0 heterocycles. The Bertz CT molecular complexity index is 2300. The lowest BCUT2D eigenvalue weighted by atomic mass is 10.2. The maximum Gasteiger partial charge on any atom is 0.469 e. The lowest BCUT2D eigenvalue weighted by Gasteiger charge is -2.45. The predicted molar refractivity (Wildman–Crippen MR) is 568 cm³/mol. The Morgan fingerprint density at radius 2 is 0.237 bits per heavy atom. The van der Waals surface area contributed by atoms with Gasteiger partial charge in [0.05, 0.1) is 26.7 Å². The number of halogens is 1. The summed E-state index contributed by atoms with van der Waals surface area (Å²) in [5.41, 5.74) is 0. The molecule has 45 heteroatoms. The SMILES string of the molecule is C[N+](CCC[Si](O[Si](C)(C)C)(O[Si](C)(C)C)O[Si](C)(C)C)(CCC[Si](O[Si](C)(C)C)(O[Si](C)(C)C)O[Si](C)(C)C)CCC[Si](O[Si](C)(C)C)(O[Si](C)(C)C)O[Si](C)(C)C.C[Si](C)(C)O[Si](CCCN(CCC[Si](O[Si](C)(C)C)(O[Si](C)(C)C)O[Si](C)(C)C)CCC[Si](O[Si](C)(C)C)(O[Si](C)(C)C)O[Si](C)(C)C)(O[Si](C)(C)C)O[Si](C)(C)C.[I-]. The van der Waals surface area contributed by atoms with Crippen LogP contribution < -0.4 is 24.0 Å². The zero-order valence-corrected chi connectivity index (χ0v) is 115. The first-order valence-electron chi connectivity index (χ1n) is 44.8. The molecule has 0 radical (unpaired) electrons. The second kappa shape index (κ2) is 47.6. The molecular formula is C73H201IN2O18Si24. The lowest BCUT2D eigenvalue weighted by molar-refractivity contribution is -0.909. The van der Waals surface area contributed by atoms with E-state index < -0.39 is 203 Å². The van der Waals surface area contributed by atoms with Gasteiger partial charge in [-0.3, -0.25) is 0 Å². The van der Waals surface area contributed by atoms with Crippen LogP contribution in [0.15, 0.2) is 0 Å². The average molecular weight is 2200 g/mol. The third-order valence-corrected chi connectivity index (χ3v) is 87.0. The Kier molecular flexibility index (Phi) is 51.3. The van der Waals surface area contributed by atoms with E-state index in [1.54, 1.807) is 0 Å². The van der Waals surface area contributed by atoms with Crippen molar-refractivity contribution in [3.8, 4) is 0 Å². The van der Waals surface area contributed by atoms with Crippen molar-refractivity contribution in [1.29, 1.82) is 0 Å². The molecule has 20 nitrogen and oxygen atoms in total. The van der Waals surface area contributed by atoms with Crippen molar-refractivity contribution in [2.75, 3.05) is 46.3 Å². The Balaban J connectivity index is -0.00000222. The number of quaternary nitrogens is 1. The molecule has 0 aliphatic rings. The molecular weight excluding hydrogens is 1990 g/mol. The van der Waals surface area contributed by atoms with Crippen LogP contribution in [0.3, 0.4) is 0 Å². The molecule has 0 aromatic rings. The van der Waals surface area contributed by atoms with E-state index in [0.717, 1.165) is 119 Å². The second-order valence-corrected chi connectivity index (χ2v) is 153. The molecule has 0 aromatic carbocycles. The summed E-state index contributed by atoms with van der Waals surface area (Å²) in [5.74, 6) is 0. The molecule has 0 aliphatic carbocycles. The van der Waals surface area contributed by atoms with E-state index in [0.29, 0.717) is 0 Å². The highest BCUT2D eigenvalue weighted by Crippen LogP contribution is 2.39. The summed E-state index contributed by atoms with van der Waals surface area (Å²) in [4.78, 5) is 2.66. The molecule has 0 saturated carbocycles. The smallest absolute Gasteiger partial charge is 0.469 e. The van der Waals surface area contributed by atoms with Crippen LogP contribution in [0.5, 0.6) is 0 Å². The van der Waals surface area contributed by atoms with Gasteiger partial charge in [-0.25, -0.2) is 0 Å². The summed E-state index contributed by atoms with van der Waals surface area (Å²) in [5, 5.41) is 0. The molecule has 0 bridgehead atoms. The standard InChI is InChI=1S/C37H102NO9Si12.C36H99NO9Si12.HI/c1-38(32-29-35-57(39-48(2,3)4,40-49(5,6)7)41-50(8,9)10,33-30-36-58(42-51(11,12)13,43-52(14,15)16)44-53(17,18)19)34-31-37-59(45-54(20,21)22,46-55(23,24)25)47-56(26,27)28;1-47(2,3)38-56(39-48(4,5)6,40-49(7,8)9)34-28-31-37(32-29-35-57(41-50(10,11)12,42-51(13,14)15)43-52(16,17)18)33-30-36-58(44-53(19,20)21,45-54(22,23)24)46-55(25,26)27;/h29-37H2,1-28H3;28-36H2,1-27H3;1H/q+1;;/p-1. The second-order valence-electron chi connectivity index (χ2n) is 51.2. The van der Waals surface area contributed by atoms with Gasteiger partial charge in [-0.2, -0.15) is 0 Å². The van der Waals surface area contributed by atoms with E-state index in [2.05, 4.69) is 365 Å². The van der Waals surface area contributed by atoms with Crippen LogP contribution in [0, 0.1) is 0 Å². The zero-order chi connectivity index (χ0) is 93.5. The van der Waals surface area contributed by atoms with E-state index in [-0.39, 0.29) is 24.0 Å². The Hall–Kier alpha value is 5.14. The van der Waals surface area contributed by atoms with Gasteiger partial charge in [-0.1, -0.05) is 0 Å². The van der Waals surface area contributed by atoms with Gasteiger partial charge in [0.2, 0.25) is 0 Å². The molecule has 0 aromatic heterocycles. The normalized spacial score (nSPS) is 15.5. The number of nitrogens with zero attached hydrogens (tertiary/aromatic N) is 2. The summed E-state index contributed by atoms with van der Waals surface area (Å²) >= 11 is 0. The minimum atomic E-state index is -2.99. The van der Waals surface area contributed by atoms with E-state index in [9.17, 15) is 0 Å². The molecule has 0 atom stereocenters. The molecule has 118 heavy (non-hydrogen) atoms. The third-order valence-electron chi connectivity index (χ3n) is 14.7. The number of hydrogen-bond acceptors (Lipinski definition) is 19. The molecule has 0 saturated heterocycles. The van der Waals surface area contributed by atoms with Crippen LogP contribution in [-0.2, 0) is 74.1 Å². The molecule has 0 unspecified atom stereocenters. The number of rotatable bonds is 60. The summed E-state index contributed by atoms with van der Waals surface area (Å²) in [7, 11) is -51.2. The first-order chi connectivity index (χ1) is 50.6. The zero-order valence-electron chi connectivity index (χ0n) is 88.3. The van der Waals surface area contributed by atoms with Crippen LogP contribution in [0.25, 0.3) is 0 Å². The average Bonchev–Trinajstić information content (AvgIpc) is 0.826. The minimum absolute atomic E-state index is 0. The fourth-order valence-electron chi connectivity index (χ4n) is 14.0. The van der Waals surface area contributed by atoms with Crippen molar-refractivity contribution in [1.82, 2.24) is 4.90 Å². The minimum Gasteiger partial charge on any atom is -1.00 e. The molecule has 0 amide bonds. The van der Waals surface area contributed by atoms with Crippen molar-refractivity contribution in [2.45, 2.75) is 428 Å². The first-order valence-corrected chi connectivity index (χ1v) is 118. The van der Waals surface area contributed by atoms with Gasteiger partial charge in [0, 0.05) is 55.5 Å². The molecule has 0 aliphatic heterocycles. The third kappa shape index (κ3) is 69.9. The van der Waals surface area contributed by atoms with Crippen LogP contribution >= 0.6 is 0 Å². The van der Waals surface area contributed by atoms with Crippen LogP contribution in [-0.4, -0.2) is 258 Å². The van der Waals surface area contributed by atoms with E-state index >= 15 is 0 Å². The molecule has 0 rings (SSSR count). The quantitative estimate of drug-likeness (QED) is 0.0320. The Morgan fingerprint density at radius 3 is 0.322 bits per heavy atom. The summed E-state index contributed by atoms with van der Waals surface area (Å²) in [6.07, 6.45) is 5.75. The number of hydrogen-bond donors (Lipinski definition) is 0. The summed E-state index contributed by atoms with van der Waals surface area (Å²) in [6.45, 7) is 129. The molecule has 0 N–H and O–H groups in total. The van der Waals surface area contributed by atoms with Crippen molar-refractivity contribution >= 4 is 203 Å². The van der Waals surface area contributed by atoms with Gasteiger partial charge in [0.15, 0.2) is 150 Å². The van der Waals surface area contributed by atoms with Crippen LogP contribution in [0.2, 0.25) is 390 Å². The van der Waals surface area contributed by atoms with Gasteiger partial charge >= 0.3 is 52.8 Å². The first kappa shape index (κ1) is 127. The maximum absolute atomic E-state index is 7.15.